The van der Waals surface area contributed by atoms with Gasteiger partial charge in [0.15, 0.2) is 11.5 Å². The number of benzene rings is 2. The molecule has 0 saturated heterocycles. The van der Waals surface area contributed by atoms with Crippen molar-refractivity contribution in [2.75, 3.05) is 5.73 Å². The molecule has 0 radical (unpaired) electrons. The van der Waals surface area contributed by atoms with Gasteiger partial charge in [-0.15, -0.1) is 0 Å². The molecule has 31 heavy (non-hydrogen) atoms. The first-order valence-corrected chi connectivity index (χ1v) is 9.72. The van der Waals surface area contributed by atoms with E-state index in [4.69, 9.17) is 10.7 Å². The van der Waals surface area contributed by atoms with Crippen LogP contribution in [0.1, 0.15) is 17.0 Å². The monoisotopic (exact) mass is 413 g/mol. The highest BCUT2D eigenvalue weighted by atomic mass is 16.1. The van der Waals surface area contributed by atoms with Crippen LogP contribution < -0.4 is 17.0 Å². The van der Waals surface area contributed by atoms with Crippen LogP contribution in [-0.2, 0) is 6.54 Å². The summed E-state index contributed by atoms with van der Waals surface area (Å²) in [5.41, 5.74) is 9.04. The van der Waals surface area contributed by atoms with Gasteiger partial charge in [0.05, 0.1) is 23.1 Å². The number of imidazole rings is 1. The van der Waals surface area contributed by atoms with E-state index in [1.807, 2.05) is 50.2 Å². The van der Waals surface area contributed by atoms with E-state index in [0.717, 1.165) is 11.1 Å². The molecule has 0 spiro atoms. The lowest BCUT2D eigenvalue weighted by Crippen LogP contribution is -2.28. The molecule has 9 heteroatoms. The number of anilines is 1. The fraction of sp³-hybridized carbons (Fsp3) is 0.136. The summed E-state index contributed by atoms with van der Waals surface area (Å²) in [7, 11) is 0. The first-order chi connectivity index (χ1) is 15.0. The molecule has 0 fully saturated rings. The second-order valence-corrected chi connectivity index (χ2v) is 7.40. The minimum atomic E-state index is -0.405. The number of para-hydroxylation sites is 1. The second kappa shape index (κ2) is 6.91. The third kappa shape index (κ3) is 2.90. The molecule has 5 rings (SSSR count). The Bertz CT molecular complexity index is 1590. The number of fused-ring (bicyclic) bond motifs is 2. The number of aromatic amines is 1. The van der Waals surface area contributed by atoms with Crippen LogP contribution in [0.15, 0.2) is 58.4 Å². The molecule has 9 nitrogen and oxygen atoms in total. The van der Waals surface area contributed by atoms with Gasteiger partial charge in [-0.3, -0.25) is 13.9 Å². The van der Waals surface area contributed by atoms with Gasteiger partial charge in [0, 0.05) is 0 Å². The Kier molecular flexibility index (Phi) is 4.18. The Morgan fingerprint density at radius 3 is 2.58 bits per heavy atom. The molecule has 0 aliphatic carbocycles. The van der Waals surface area contributed by atoms with Gasteiger partial charge >= 0.3 is 5.69 Å². The van der Waals surface area contributed by atoms with Crippen LogP contribution in [0, 0.1) is 13.8 Å². The van der Waals surface area contributed by atoms with Gasteiger partial charge in [0.25, 0.3) is 5.56 Å². The first-order valence-electron chi connectivity index (χ1n) is 9.72. The van der Waals surface area contributed by atoms with Crippen LogP contribution in [0.3, 0.4) is 0 Å². The Hall–Kier alpha value is -4.27. The van der Waals surface area contributed by atoms with E-state index >= 15 is 0 Å². The summed E-state index contributed by atoms with van der Waals surface area (Å²) in [5.74, 6) is 0.594. The van der Waals surface area contributed by atoms with Gasteiger partial charge < -0.3 is 10.7 Å². The molecule has 0 aliphatic rings. The molecule has 0 atom stereocenters. The summed E-state index contributed by atoms with van der Waals surface area (Å²) in [5, 5.41) is 0.548. The van der Waals surface area contributed by atoms with Gasteiger partial charge in [0.2, 0.25) is 0 Å². The van der Waals surface area contributed by atoms with Crippen LogP contribution in [-0.4, -0.2) is 29.1 Å². The Morgan fingerprint density at radius 2 is 1.77 bits per heavy atom. The fourth-order valence-electron chi connectivity index (χ4n) is 3.88. The average molecular weight is 413 g/mol. The standard InChI is InChI=1S/C22H19N7O2/c1-12-6-3-4-9-15(12)29-16(26-14-8-5-7-13(2)17(14)21(29)30)10-28-20-18(27-22(28)31)19(23)24-11-25-20/h3-9,11H,10H2,1-2H3,(H,27,31)(H2,23,24,25). The van der Waals surface area contributed by atoms with Crippen molar-refractivity contribution in [3.8, 4) is 5.69 Å². The summed E-state index contributed by atoms with van der Waals surface area (Å²) in [6.45, 7) is 3.85. The number of nitrogens with one attached hydrogen (secondary N) is 1. The molecule has 5 aromatic rings. The maximum atomic E-state index is 13.6. The summed E-state index contributed by atoms with van der Waals surface area (Å²) in [6, 6.07) is 13.1. The van der Waals surface area contributed by atoms with Crippen molar-refractivity contribution in [1.82, 2.24) is 29.1 Å². The molecule has 154 valence electrons. The smallest absolute Gasteiger partial charge is 0.328 e. The predicted molar refractivity (Wildman–Crippen MR) is 118 cm³/mol. The maximum Gasteiger partial charge on any atom is 0.328 e. The van der Waals surface area contributed by atoms with Gasteiger partial charge in [-0.2, -0.15) is 0 Å². The van der Waals surface area contributed by atoms with E-state index in [1.54, 1.807) is 10.6 Å². The third-order valence-corrected chi connectivity index (χ3v) is 5.42. The van der Waals surface area contributed by atoms with Crippen molar-refractivity contribution in [1.29, 1.82) is 0 Å². The third-order valence-electron chi connectivity index (χ3n) is 5.42. The molecule has 0 saturated carbocycles. The molecule has 3 heterocycles. The number of nitrogens with zero attached hydrogens (tertiary/aromatic N) is 5. The highest BCUT2D eigenvalue weighted by Crippen LogP contribution is 2.20. The minimum absolute atomic E-state index is 0.0305. The number of nitrogen functional groups attached to an aromatic ring is 1. The second-order valence-electron chi connectivity index (χ2n) is 7.40. The van der Waals surface area contributed by atoms with E-state index in [-0.39, 0.29) is 17.9 Å². The van der Waals surface area contributed by atoms with E-state index in [9.17, 15) is 9.59 Å². The molecular weight excluding hydrogens is 394 g/mol. The van der Waals surface area contributed by atoms with E-state index in [0.29, 0.717) is 33.6 Å². The van der Waals surface area contributed by atoms with Gasteiger partial charge in [-0.05, 0) is 37.1 Å². The zero-order valence-corrected chi connectivity index (χ0v) is 17.0. The first kappa shape index (κ1) is 18.7. The summed E-state index contributed by atoms with van der Waals surface area (Å²) in [4.78, 5) is 41.9. The zero-order valence-electron chi connectivity index (χ0n) is 17.0. The molecule has 0 amide bonds. The lowest BCUT2D eigenvalue weighted by atomic mass is 10.1. The fourth-order valence-corrected chi connectivity index (χ4v) is 3.88. The SMILES string of the molecule is Cc1ccccc1-n1c(Cn2c(=O)[nH]c3c(N)ncnc32)nc2cccc(C)c2c1=O. The Morgan fingerprint density at radius 1 is 1.00 bits per heavy atom. The normalized spacial score (nSPS) is 11.4. The maximum absolute atomic E-state index is 13.6. The summed E-state index contributed by atoms with van der Waals surface area (Å²) < 4.78 is 2.98. The Balaban J connectivity index is 1.84. The minimum Gasteiger partial charge on any atom is -0.382 e. The average Bonchev–Trinajstić information content (AvgIpc) is 3.06. The zero-order chi connectivity index (χ0) is 21.7. The lowest BCUT2D eigenvalue weighted by Gasteiger charge is -2.16. The summed E-state index contributed by atoms with van der Waals surface area (Å²) >= 11 is 0. The molecular formula is C22H19N7O2. The van der Waals surface area contributed by atoms with Crippen LogP contribution >= 0.6 is 0 Å². The molecule has 2 aromatic carbocycles. The Labute approximate surface area is 175 Å². The number of aryl methyl sites for hydroxylation is 2. The number of aromatic nitrogens is 6. The number of H-pyrrole nitrogens is 1. The van der Waals surface area contributed by atoms with E-state index in [1.165, 1.54) is 10.9 Å². The van der Waals surface area contributed by atoms with Crippen LogP contribution in [0.4, 0.5) is 5.82 Å². The molecule has 3 aromatic heterocycles. The highest BCUT2D eigenvalue weighted by molar-refractivity contribution is 5.82. The molecule has 0 bridgehead atoms. The lowest BCUT2D eigenvalue weighted by molar-refractivity contribution is 0.697. The number of hydrogen-bond acceptors (Lipinski definition) is 6. The topological polar surface area (TPSA) is 124 Å². The van der Waals surface area contributed by atoms with Crippen LogP contribution in [0.2, 0.25) is 0 Å². The highest BCUT2D eigenvalue weighted by Gasteiger charge is 2.19. The van der Waals surface area contributed by atoms with Gasteiger partial charge in [-0.1, -0.05) is 30.3 Å². The quantitative estimate of drug-likeness (QED) is 0.467. The largest absolute Gasteiger partial charge is 0.382 e. The van der Waals surface area contributed by atoms with E-state index in [2.05, 4.69) is 15.0 Å². The van der Waals surface area contributed by atoms with Crippen molar-refractivity contribution >= 4 is 27.9 Å². The number of rotatable bonds is 3. The van der Waals surface area contributed by atoms with Crippen molar-refractivity contribution in [2.24, 2.45) is 0 Å². The van der Waals surface area contributed by atoms with Crippen LogP contribution in [0.25, 0.3) is 27.8 Å². The number of hydrogen-bond donors (Lipinski definition) is 2. The number of nitrogens with two attached hydrogens (primary N) is 1. The van der Waals surface area contributed by atoms with E-state index < -0.39 is 5.69 Å². The van der Waals surface area contributed by atoms with Crippen molar-refractivity contribution in [3.05, 3.63) is 86.6 Å². The molecule has 3 N–H and O–H groups in total. The van der Waals surface area contributed by atoms with Gasteiger partial charge in [0.1, 0.15) is 17.7 Å². The summed E-state index contributed by atoms with van der Waals surface area (Å²) in [6.07, 6.45) is 1.30. The van der Waals surface area contributed by atoms with Crippen molar-refractivity contribution in [3.63, 3.8) is 0 Å². The van der Waals surface area contributed by atoms with Crippen molar-refractivity contribution in [2.45, 2.75) is 20.4 Å². The molecule has 0 aliphatic heterocycles. The van der Waals surface area contributed by atoms with Crippen molar-refractivity contribution < 1.29 is 0 Å². The predicted octanol–water partition coefficient (Wildman–Crippen LogP) is 2.07. The molecule has 0 unspecified atom stereocenters. The van der Waals surface area contributed by atoms with Gasteiger partial charge in [-0.25, -0.2) is 19.7 Å². The van der Waals surface area contributed by atoms with Crippen LogP contribution in [0.5, 0.6) is 0 Å².